The molecule has 8 heteroatoms. The Morgan fingerprint density at radius 2 is 2.07 bits per heavy atom. The Labute approximate surface area is 97.0 Å². The Hall–Kier alpha value is -0.890. The predicted molar refractivity (Wildman–Crippen MR) is 57.3 cm³/mol. The van der Waals surface area contributed by atoms with E-state index in [1.165, 1.54) is 6.07 Å². The molecular weight excluding hydrogens is 295 g/mol. The van der Waals surface area contributed by atoms with E-state index in [0.29, 0.717) is 4.47 Å². The Morgan fingerprint density at radius 3 is 2.53 bits per heavy atom. The van der Waals surface area contributed by atoms with E-state index in [0.717, 1.165) is 6.07 Å². The third kappa shape index (κ3) is 3.31. The summed E-state index contributed by atoms with van der Waals surface area (Å²) in [6, 6.07) is 2.07. The van der Waals surface area contributed by atoms with Crippen LogP contribution in [0.3, 0.4) is 0 Å². The smallest absolute Gasteiger partial charge is 0.376 e. The minimum absolute atomic E-state index is 0.0580. The first kappa shape index (κ1) is 12.2. The van der Waals surface area contributed by atoms with Gasteiger partial charge in [-0.2, -0.15) is 13.2 Å². The van der Waals surface area contributed by atoms with Crippen LogP contribution in [0.5, 0.6) is 0 Å². The van der Waals surface area contributed by atoms with Crippen molar-refractivity contribution in [2.75, 3.05) is 5.32 Å². The molecule has 0 bridgehead atoms. The first-order valence-corrected chi connectivity index (χ1v) is 4.81. The minimum atomic E-state index is -4.49. The normalized spacial score (nSPS) is 11.2. The molecule has 0 radical (unpaired) electrons. The van der Waals surface area contributed by atoms with Crippen LogP contribution in [0.1, 0.15) is 5.69 Å². The molecule has 0 aromatic carbocycles. The summed E-state index contributed by atoms with van der Waals surface area (Å²) in [5.41, 5.74) is 4.12. The second kappa shape index (κ2) is 4.31. The Morgan fingerprint density at radius 1 is 1.47 bits per heavy atom. The zero-order chi connectivity index (χ0) is 11.6. The quantitative estimate of drug-likeness (QED) is 0.783. The summed E-state index contributed by atoms with van der Waals surface area (Å²) >= 11 is 7.52. The first-order valence-electron chi connectivity index (χ1n) is 3.61. The van der Waals surface area contributed by atoms with Crippen molar-refractivity contribution in [2.24, 2.45) is 5.73 Å². The Bertz CT molecular complexity index is 394. The molecule has 0 atom stereocenters. The molecule has 15 heavy (non-hydrogen) atoms. The van der Waals surface area contributed by atoms with Gasteiger partial charge in [-0.1, -0.05) is 0 Å². The van der Waals surface area contributed by atoms with Crippen LogP contribution in [0.4, 0.5) is 19.0 Å². The lowest BCUT2D eigenvalue weighted by molar-refractivity contribution is -0.141. The summed E-state index contributed by atoms with van der Waals surface area (Å²) in [4.78, 5) is 3.33. The summed E-state index contributed by atoms with van der Waals surface area (Å²) in [7, 11) is 0. The van der Waals surface area contributed by atoms with Gasteiger partial charge in [0, 0.05) is 0 Å². The Kier molecular flexibility index (Phi) is 3.50. The van der Waals surface area contributed by atoms with Gasteiger partial charge < -0.3 is 11.1 Å². The third-order valence-electron chi connectivity index (χ3n) is 1.38. The van der Waals surface area contributed by atoms with E-state index in [9.17, 15) is 13.2 Å². The molecule has 0 fully saturated rings. The molecule has 0 saturated heterocycles. The maximum Gasteiger partial charge on any atom is 0.433 e. The maximum atomic E-state index is 12.3. The standard InChI is InChI=1S/C7H5BrF3N3S/c8-3-1-2-4(7(9,10)11)13-5(3)14-6(12)15/h1-2H,(H3,12,13,14,15). The Balaban J connectivity index is 3.11. The second-order valence-electron chi connectivity index (χ2n) is 2.51. The highest BCUT2D eigenvalue weighted by Crippen LogP contribution is 2.30. The van der Waals surface area contributed by atoms with Crippen molar-refractivity contribution in [1.82, 2.24) is 4.98 Å². The van der Waals surface area contributed by atoms with Gasteiger partial charge in [0.05, 0.1) is 4.47 Å². The summed E-state index contributed by atoms with van der Waals surface area (Å²) < 4.78 is 37.2. The highest BCUT2D eigenvalue weighted by atomic mass is 79.9. The number of halogens is 4. The first-order chi connectivity index (χ1) is 6.80. The van der Waals surface area contributed by atoms with Crippen LogP contribution in [-0.4, -0.2) is 10.1 Å². The topological polar surface area (TPSA) is 50.9 Å². The van der Waals surface area contributed by atoms with Crippen LogP contribution in [0, 0.1) is 0 Å². The van der Waals surface area contributed by atoms with Gasteiger partial charge >= 0.3 is 6.18 Å². The van der Waals surface area contributed by atoms with Gasteiger partial charge in [0.15, 0.2) is 5.11 Å². The largest absolute Gasteiger partial charge is 0.433 e. The number of nitrogens with zero attached hydrogens (tertiary/aromatic N) is 1. The molecule has 0 spiro atoms. The fourth-order valence-corrected chi connectivity index (χ4v) is 1.22. The number of aromatic nitrogens is 1. The van der Waals surface area contributed by atoms with Crippen molar-refractivity contribution in [1.29, 1.82) is 0 Å². The maximum absolute atomic E-state index is 12.3. The van der Waals surface area contributed by atoms with E-state index in [1.807, 2.05) is 0 Å². The molecule has 0 aliphatic rings. The number of nitrogens with one attached hydrogen (secondary N) is 1. The van der Waals surface area contributed by atoms with Crippen LogP contribution < -0.4 is 11.1 Å². The molecule has 1 rings (SSSR count). The molecule has 1 aromatic rings. The van der Waals surface area contributed by atoms with Crippen molar-refractivity contribution in [3.63, 3.8) is 0 Å². The molecule has 0 amide bonds. The van der Waals surface area contributed by atoms with E-state index in [4.69, 9.17) is 5.73 Å². The van der Waals surface area contributed by atoms with Crippen molar-refractivity contribution in [2.45, 2.75) is 6.18 Å². The van der Waals surface area contributed by atoms with Gasteiger partial charge in [-0.3, -0.25) is 0 Å². The zero-order valence-corrected chi connectivity index (χ0v) is 9.50. The van der Waals surface area contributed by atoms with E-state index in [2.05, 4.69) is 38.4 Å². The van der Waals surface area contributed by atoms with Crippen molar-refractivity contribution in [3.05, 3.63) is 22.3 Å². The molecular formula is C7H5BrF3N3S. The van der Waals surface area contributed by atoms with E-state index in [1.54, 1.807) is 0 Å². The van der Waals surface area contributed by atoms with Crippen LogP contribution in [0.25, 0.3) is 0 Å². The highest BCUT2D eigenvalue weighted by molar-refractivity contribution is 9.10. The van der Waals surface area contributed by atoms with Gasteiger partial charge in [0.25, 0.3) is 0 Å². The SMILES string of the molecule is NC(=S)Nc1nc(C(F)(F)F)ccc1Br. The number of hydrogen-bond acceptors (Lipinski definition) is 2. The summed E-state index contributed by atoms with van der Waals surface area (Å²) in [5, 5.41) is 2.19. The van der Waals surface area contributed by atoms with Crippen LogP contribution in [-0.2, 0) is 6.18 Å². The van der Waals surface area contributed by atoms with Crippen molar-refractivity contribution >= 4 is 39.1 Å². The molecule has 1 aromatic heterocycles. The number of thiocarbonyl (C=S) groups is 1. The van der Waals surface area contributed by atoms with E-state index in [-0.39, 0.29) is 10.9 Å². The molecule has 3 N–H and O–H groups in total. The van der Waals surface area contributed by atoms with Gasteiger partial charge in [-0.05, 0) is 40.3 Å². The fraction of sp³-hybridized carbons (Fsp3) is 0.143. The highest BCUT2D eigenvalue weighted by Gasteiger charge is 2.32. The third-order valence-corrected chi connectivity index (χ3v) is 2.12. The zero-order valence-electron chi connectivity index (χ0n) is 7.10. The number of nitrogens with two attached hydrogens (primary N) is 1. The van der Waals surface area contributed by atoms with Crippen molar-refractivity contribution in [3.8, 4) is 0 Å². The van der Waals surface area contributed by atoms with Gasteiger partial charge in [-0.15, -0.1) is 0 Å². The molecule has 0 saturated carbocycles. The summed E-state index contributed by atoms with van der Waals surface area (Å²) in [5.74, 6) is -0.0580. The molecule has 1 heterocycles. The van der Waals surface area contributed by atoms with Gasteiger partial charge in [-0.25, -0.2) is 4.98 Å². The molecule has 3 nitrogen and oxygen atoms in total. The molecule has 0 aliphatic carbocycles. The fourth-order valence-electron chi connectivity index (χ4n) is 0.804. The lowest BCUT2D eigenvalue weighted by Gasteiger charge is -2.09. The summed E-state index contributed by atoms with van der Waals surface area (Å²) in [6.07, 6.45) is -4.49. The van der Waals surface area contributed by atoms with Crippen molar-refractivity contribution < 1.29 is 13.2 Å². The minimum Gasteiger partial charge on any atom is -0.376 e. The van der Waals surface area contributed by atoms with Crippen LogP contribution in [0.15, 0.2) is 16.6 Å². The van der Waals surface area contributed by atoms with E-state index >= 15 is 0 Å². The van der Waals surface area contributed by atoms with E-state index < -0.39 is 11.9 Å². The van der Waals surface area contributed by atoms with Gasteiger partial charge in [0.1, 0.15) is 11.5 Å². The number of rotatable bonds is 1. The molecule has 0 aliphatic heterocycles. The average Bonchev–Trinajstić information content (AvgIpc) is 2.06. The summed E-state index contributed by atoms with van der Waals surface area (Å²) in [6.45, 7) is 0. The lowest BCUT2D eigenvalue weighted by Crippen LogP contribution is -2.21. The number of alkyl halides is 3. The molecule has 82 valence electrons. The lowest BCUT2D eigenvalue weighted by atomic mass is 10.3. The average molecular weight is 300 g/mol. The van der Waals surface area contributed by atoms with Gasteiger partial charge in [0.2, 0.25) is 0 Å². The molecule has 0 unspecified atom stereocenters. The number of anilines is 1. The number of hydrogen-bond donors (Lipinski definition) is 2. The van der Waals surface area contributed by atoms with Crippen LogP contribution in [0.2, 0.25) is 0 Å². The second-order valence-corrected chi connectivity index (χ2v) is 3.81. The monoisotopic (exact) mass is 299 g/mol. The predicted octanol–water partition coefficient (Wildman–Crippen LogP) is 2.52. The van der Waals surface area contributed by atoms with Crippen LogP contribution >= 0.6 is 28.1 Å². The number of pyridine rings is 1.